The summed E-state index contributed by atoms with van der Waals surface area (Å²) >= 11 is 0. The summed E-state index contributed by atoms with van der Waals surface area (Å²) < 4.78 is 1.77. The molecule has 2 aromatic heterocycles. The van der Waals surface area contributed by atoms with Crippen molar-refractivity contribution < 1.29 is 0 Å². The number of benzene rings is 2. The Kier molecular flexibility index (Phi) is 6.04. The number of nitrogens with zero attached hydrogens (tertiary/aromatic N) is 4. The van der Waals surface area contributed by atoms with Crippen molar-refractivity contribution in [2.75, 3.05) is 36.4 Å². The van der Waals surface area contributed by atoms with Crippen LogP contribution in [-0.2, 0) is 6.42 Å². The maximum absolute atomic E-state index is 12.8. The molecule has 1 aliphatic rings. The second-order valence-electron chi connectivity index (χ2n) is 8.46. The highest BCUT2D eigenvalue weighted by Crippen LogP contribution is 2.22. The van der Waals surface area contributed by atoms with Crippen LogP contribution in [0.25, 0.3) is 11.0 Å². The van der Waals surface area contributed by atoms with Crippen LogP contribution in [0.5, 0.6) is 0 Å². The SMILES string of the molecule is CC(Cc1ccccc1)n1c(=O)ccc2cnc(Nc3ccc(N4CCNCC4)cc3)nc21. The Morgan fingerprint density at radius 3 is 2.52 bits per heavy atom. The van der Waals surface area contributed by atoms with Gasteiger partial charge in [0, 0.05) is 61.2 Å². The molecule has 0 amide bonds. The fraction of sp³-hybridized carbons (Fsp3) is 0.269. The van der Waals surface area contributed by atoms with Crippen LogP contribution in [0.1, 0.15) is 18.5 Å². The van der Waals surface area contributed by atoms with E-state index in [4.69, 9.17) is 4.98 Å². The number of piperazine rings is 1. The number of anilines is 3. The summed E-state index contributed by atoms with van der Waals surface area (Å²) in [6.45, 7) is 6.10. The van der Waals surface area contributed by atoms with Gasteiger partial charge in [-0.25, -0.2) is 4.98 Å². The predicted octanol–water partition coefficient (Wildman–Crippen LogP) is 3.75. The number of hydrogen-bond donors (Lipinski definition) is 2. The lowest BCUT2D eigenvalue weighted by molar-refractivity contribution is 0.541. The van der Waals surface area contributed by atoms with Gasteiger partial charge in [-0.3, -0.25) is 9.36 Å². The lowest BCUT2D eigenvalue weighted by Gasteiger charge is -2.29. The zero-order valence-electron chi connectivity index (χ0n) is 18.7. The van der Waals surface area contributed by atoms with E-state index in [-0.39, 0.29) is 11.6 Å². The molecule has 1 unspecified atom stereocenters. The van der Waals surface area contributed by atoms with Crippen LogP contribution in [0.15, 0.2) is 77.7 Å². The van der Waals surface area contributed by atoms with E-state index in [1.54, 1.807) is 22.9 Å². The van der Waals surface area contributed by atoms with E-state index < -0.39 is 0 Å². The van der Waals surface area contributed by atoms with Gasteiger partial charge in [-0.2, -0.15) is 4.98 Å². The minimum Gasteiger partial charge on any atom is -0.369 e. The molecular weight excluding hydrogens is 412 g/mol. The van der Waals surface area contributed by atoms with Gasteiger partial charge in [-0.15, -0.1) is 0 Å². The van der Waals surface area contributed by atoms with Crippen LogP contribution in [0.2, 0.25) is 0 Å². The maximum atomic E-state index is 12.8. The van der Waals surface area contributed by atoms with Crippen LogP contribution >= 0.6 is 0 Å². The lowest BCUT2D eigenvalue weighted by Crippen LogP contribution is -2.43. The first-order valence-corrected chi connectivity index (χ1v) is 11.4. The number of aromatic nitrogens is 3. The van der Waals surface area contributed by atoms with Crippen LogP contribution in [-0.4, -0.2) is 40.7 Å². The molecule has 0 bridgehead atoms. The molecule has 1 saturated heterocycles. The largest absolute Gasteiger partial charge is 0.369 e. The third-order valence-corrected chi connectivity index (χ3v) is 6.09. The van der Waals surface area contributed by atoms with Gasteiger partial charge in [0.25, 0.3) is 5.56 Å². The summed E-state index contributed by atoms with van der Waals surface area (Å²) in [5.41, 5.74) is 3.89. The second-order valence-corrected chi connectivity index (χ2v) is 8.46. The number of pyridine rings is 1. The van der Waals surface area contributed by atoms with Gasteiger partial charge in [-0.05, 0) is 49.2 Å². The van der Waals surface area contributed by atoms with E-state index in [9.17, 15) is 4.79 Å². The minimum atomic E-state index is -0.0593. The topological polar surface area (TPSA) is 75.1 Å². The zero-order chi connectivity index (χ0) is 22.6. The highest BCUT2D eigenvalue weighted by Gasteiger charge is 2.14. The Labute approximate surface area is 193 Å². The van der Waals surface area contributed by atoms with Crippen molar-refractivity contribution in [3.8, 4) is 0 Å². The maximum Gasteiger partial charge on any atom is 0.252 e. The van der Waals surface area contributed by atoms with E-state index in [0.29, 0.717) is 11.6 Å². The highest BCUT2D eigenvalue weighted by molar-refractivity contribution is 5.76. The van der Waals surface area contributed by atoms with Gasteiger partial charge in [0.2, 0.25) is 5.95 Å². The molecular formula is C26H28N6O. The minimum absolute atomic E-state index is 0.0373. The van der Waals surface area contributed by atoms with Crippen LogP contribution in [0.4, 0.5) is 17.3 Å². The number of rotatable bonds is 6. The van der Waals surface area contributed by atoms with Crippen molar-refractivity contribution in [1.82, 2.24) is 19.9 Å². The van der Waals surface area contributed by atoms with Gasteiger partial charge >= 0.3 is 0 Å². The summed E-state index contributed by atoms with van der Waals surface area (Å²) in [7, 11) is 0. The Balaban J connectivity index is 1.40. The van der Waals surface area contributed by atoms with Gasteiger partial charge in [0.05, 0.1) is 0 Å². The average molecular weight is 441 g/mol. The van der Waals surface area contributed by atoms with E-state index >= 15 is 0 Å². The molecule has 2 N–H and O–H groups in total. The Bertz CT molecular complexity index is 1280. The fourth-order valence-corrected chi connectivity index (χ4v) is 4.38. The lowest BCUT2D eigenvalue weighted by atomic mass is 10.1. The van der Waals surface area contributed by atoms with E-state index in [0.717, 1.165) is 43.7 Å². The van der Waals surface area contributed by atoms with Crippen molar-refractivity contribution in [3.05, 3.63) is 88.8 Å². The molecule has 1 aliphatic heterocycles. The van der Waals surface area contributed by atoms with Crippen molar-refractivity contribution in [3.63, 3.8) is 0 Å². The molecule has 3 heterocycles. The summed E-state index contributed by atoms with van der Waals surface area (Å²) in [6, 6.07) is 21.9. The first kappa shape index (κ1) is 21.2. The monoisotopic (exact) mass is 440 g/mol. The van der Waals surface area contributed by atoms with Crippen molar-refractivity contribution in [2.24, 2.45) is 0 Å². The van der Waals surface area contributed by atoms with Gasteiger partial charge in [-0.1, -0.05) is 30.3 Å². The predicted molar refractivity (Wildman–Crippen MR) is 133 cm³/mol. The molecule has 7 heteroatoms. The molecule has 0 aliphatic carbocycles. The molecule has 0 saturated carbocycles. The number of hydrogen-bond acceptors (Lipinski definition) is 6. The molecule has 4 aromatic rings. The molecule has 0 spiro atoms. The standard InChI is InChI=1S/C26H28N6O/c1-19(17-20-5-3-2-4-6-20)32-24(33)12-7-21-18-28-26(30-25(21)32)29-22-8-10-23(11-9-22)31-15-13-27-14-16-31/h2-12,18-19,27H,13-17H2,1H3,(H,28,29,30). The van der Waals surface area contributed by atoms with Crippen molar-refractivity contribution in [1.29, 1.82) is 0 Å². The van der Waals surface area contributed by atoms with Crippen LogP contribution < -0.4 is 21.1 Å². The average Bonchev–Trinajstić information content (AvgIpc) is 2.85. The molecule has 33 heavy (non-hydrogen) atoms. The molecule has 168 valence electrons. The van der Waals surface area contributed by atoms with E-state index in [1.165, 1.54) is 11.3 Å². The first-order valence-electron chi connectivity index (χ1n) is 11.4. The first-order chi connectivity index (χ1) is 16.2. The number of fused-ring (bicyclic) bond motifs is 1. The van der Waals surface area contributed by atoms with Crippen molar-refractivity contribution >= 4 is 28.4 Å². The third kappa shape index (κ3) is 4.73. The molecule has 1 fully saturated rings. The summed E-state index contributed by atoms with van der Waals surface area (Å²) in [5, 5.41) is 7.51. The second kappa shape index (κ2) is 9.42. The summed E-state index contributed by atoms with van der Waals surface area (Å²) in [5.74, 6) is 0.476. The Hall–Kier alpha value is -3.71. The van der Waals surface area contributed by atoms with Crippen molar-refractivity contribution in [2.45, 2.75) is 19.4 Å². The third-order valence-electron chi connectivity index (χ3n) is 6.09. The molecule has 0 radical (unpaired) electrons. The molecule has 5 rings (SSSR count). The quantitative estimate of drug-likeness (QED) is 0.476. The fourth-order valence-electron chi connectivity index (χ4n) is 4.38. The summed E-state index contributed by atoms with van der Waals surface area (Å²) in [6.07, 6.45) is 2.52. The smallest absolute Gasteiger partial charge is 0.252 e. The van der Waals surface area contributed by atoms with E-state index in [1.807, 2.05) is 30.3 Å². The van der Waals surface area contributed by atoms with Gasteiger partial charge < -0.3 is 15.5 Å². The zero-order valence-corrected chi connectivity index (χ0v) is 18.7. The van der Waals surface area contributed by atoms with Gasteiger partial charge in [0.15, 0.2) is 0 Å². The van der Waals surface area contributed by atoms with Gasteiger partial charge in [0.1, 0.15) is 5.65 Å². The molecule has 7 nitrogen and oxygen atoms in total. The Morgan fingerprint density at radius 1 is 1.00 bits per heavy atom. The van der Waals surface area contributed by atoms with Crippen LogP contribution in [0, 0.1) is 0 Å². The van der Waals surface area contributed by atoms with Crippen LogP contribution in [0.3, 0.4) is 0 Å². The summed E-state index contributed by atoms with van der Waals surface area (Å²) in [4.78, 5) is 24.4. The highest BCUT2D eigenvalue weighted by atomic mass is 16.1. The number of nitrogens with one attached hydrogen (secondary N) is 2. The molecule has 2 aromatic carbocycles. The molecule has 1 atom stereocenters. The Morgan fingerprint density at radius 2 is 1.76 bits per heavy atom. The van der Waals surface area contributed by atoms with E-state index in [2.05, 4.69) is 51.7 Å². The normalized spacial score (nSPS) is 14.9.